The molecular weight excluding hydrogens is 238 g/mol. The maximum absolute atomic E-state index is 5.88. The average molecular weight is 255 g/mol. The van der Waals surface area contributed by atoms with E-state index in [1.165, 1.54) is 0 Å². The van der Waals surface area contributed by atoms with Gasteiger partial charge < -0.3 is 14.5 Å². The predicted molar refractivity (Wildman–Crippen MR) is 79.0 cm³/mol. The van der Waals surface area contributed by atoms with Gasteiger partial charge in [0.2, 0.25) is 0 Å². The highest BCUT2D eigenvalue weighted by molar-refractivity contribution is 6.06. The lowest BCUT2D eigenvalue weighted by atomic mass is 10.1. The van der Waals surface area contributed by atoms with Gasteiger partial charge in [-0.15, -0.1) is 0 Å². The molecule has 0 atom stereocenters. The van der Waals surface area contributed by atoms with Crippen molar-refractivity contribution in [3.05, 3.63) is 36.4 Å². The third-order valence-corrected chi connectivity index (χ3v) is 3.14. The summed E-state index contributed by atoms with van der Waals surface area (Å²) in [4.78, 5) is 0. The molecule has 0 amide bonds. The number of anilines is 1. The molecule has 3 nitrogen and oxygen atoms in total. The van der Waals surface area contributed by atoms with E-state index in [4.69, 9.17) is 9.15 Å². The Morgan fingerprint density at radius 1 is 1.05 bits per heavy atom. The highest BCUT2D eigenvalue weighted by Crippen LogP contribution is 2.36. The van der Waals surface area contributed by atoms with Gasteiger partial charge in [-0.05, 0) is 26.0 Å². The van der Waals surface area contributed by atoms with E-state index in [1.54, 1.807) is 7.11 Å². The van der Waals surface area contributed by atoms with Gasteiger partial charge in [0, 0.05) is 22.9 Å². The Hall–Kier alpha value is -2.16. The molecule has 3 heteroatoms. The first kappa shape index (κ1) is 11.9. The van der Waals surface area contributed by atoms with Gasteiger partial charge in [0.25, 0.3) is 0 Å². The summed E-state index contributed by atoms with van der Waals surface area (Å²) in [6.07, 6.45) is 0. The number of methoxy groups -OCH3 is 1. The molecular formula is C16H17NO2. The second-order valence-electron chi connectivity index (χ2n) is 4.95. The SMILES string of the molecule is COc1cc2c(cc1NC(C)C)oc1ccccc12. The van der Waals surface area contributed by atoms with Crippen LogP contribution in [0.5, 0.6) is 5.75 Å². The van der Waals surface area contributed by atoms with Crippen molar-refractivity contribution in [2.75, 3.05) is 12.4 Å². The Balaban J connectivity index is 2.27. The number of furan rings is 1. The molecule has 0 fully saturated rings. The molecule has 0 bridgehead atoms. The molecule has 0 aliphatic heterocycles. The first-order valence-electron chi connectivity index (χ1n) is 6.45. The third-order valence-electron chi connectivity index (χ3n) is 3.14. The highest BCUT2D eigenvalue weighted by Gasteiger charge is 2.12. The number of fused-ring (bicyclic) bond motifs is 3. The van der Waals surface area contributed by atoms with Gasteiger partial charge in [0.1, 0.15) is 16.9 Å². The van der Waals surface area contributed by atoms with Crippen molar-refractivity contribution < 1.29 is 9.15 Å². The molecule has 0 aliphatic carbocycles. The van der Waals surface area contributed by atoms with Crippen LogP contribution in [0.4, 0.5) is 5.69 Å². The van der Waals surface area contributed by atoms with E-state index in [2.05, 4.69) is 25.2 Å². The molecule has 0 spiro atoms. The first-order valence-corrected chi connectivity index (χ1v) is 6.45. The molecule has 0 aliphatic rings. The molecule has 3 rings (SSSR count). The molecule has 1 heterocycles. The second kappa shape index (κ2) is 4.50. The van der Waals surface area contributed by atoms with Crippen LogP contribution in [0, 0.1) is 0 Å². The summed E-state index contributed by atoms with van der Waals surface area (Å²) < 4.78 is 11.3. The van der Waals surface area contributed by atoms with E-state index in [0.717, 1.165) is 33.4 Å². The molecule has 19 heavy (non-hydrogen) atoms. The maximum atomic E-state index is 5.88. The molecule has 2 aromatic carbocycles. The fraction of sp³-hybridized carbons (Fsp3) is 0.250. The van der Waals surface area contributed by atoms with E-state index >= 15 is 0 Å². The fourth-order valence-corrected chi connectivity index (χ4v) is 2.34. The van der Waals surface area contributed by atoms with Gasteiger partial charge in [0.15, 0.2) is 0 Å². The summed E-state index contributed by atoms with van der Waals surface area (Å²) in [5, 5.41) is 5.58. The van der Waals surface area contributed by atoms with Crippen LogP contribution in [-0.4, -0.2) is 13.2 Å². The Kier molecular flexibility index (Phi) is 2.82. The summed E-state index contributed by atoms with van der Waals surface area (Å²) in [6, 6.07) is 12.4. The van der Waals surface area contributed by atoms with Gasteiger partial charge in [-0.2, -0.15) is 0 Å². The number of rotatable bonds is 3. The number of nitrogens with one attached hydrogen (secondary N) is 1. The van der Waals surface area contributed by atoms with E-state index in [0.29, 0.717) is 6.04 Å². The van der Waals surface area contributed by atoms with Crippen LogP contribution in [0.25, 0.3) is 21.9 Å². The number of para-hydroxylation sites is 1. The van der Waals surface area contributed by atoms with Crippen LogP contribution in [0.15, 0.2) is 40.8 Å². The number of ether oxygens (including phenoxy) is 1. The van der Waals surface area contributed by atoms with Crippen LogP contribution in [0.1, 0.15) is 13.8 Å². The first-order chi connectivity index (χ1) is 9.19. The lowest BCUT2D eigenvalue weighted by Crippen LogP contribution is -2.10. The molecule has 0 saturated heterocycles. The minimum Gasteiger partial charge on any atom is -0.495 e. The number of benzene rings is 2. The highest BCUT2D eigenvalue weighted by atomic mass is 16.5. The number of hydrogen-bond donors (Lipinski definition) is 1. The normalized spacial score (nSPS) is 11.4. The fourth-order valence-electron chi connectivity index (χ4n) is 2.34. The zero-order valence-corrected chi connectivity index (χ0v) is 11.4. The minimum atomic E-state index is 0.343. The standard InChI is InChI=1S/C16H17NO2/c1-10(2)17-13-9-15-12(8-16(13)18-3)11-6-4-5-7-14(11)19-15/h4-10,17H,1-3H3. The molecule has 3 aromatic rings. The topological polar surface area (TPSA) is 34.4 Å². The minimum absolute atomic E-state index is 0.343. The van der Waals surface area contributed by atoms with Gasteiger partial charge in [0.05, 0.1) is 12.8 Å². The predicted octanol–water partition coefficient (Wildman–Crippen LogP) is 4.41. The lowest BCUT2D eigenvalue weighted by molar-refractivity contribution is 0.416. The summed E-state index contributed by atoms with van der Waals surface area (Å²) in [7, 11) is 1.69. The van der Waals surface area contributed by atoms with Crippen molar-refractivity contribution in [3.63, 3.8) is 0 Å². The van der Waals surface area contributed by atoms with Crippen LogP contribution >= 0.6 is 0 Å². The molecule has 98 valence electrons. The summed E-state index contributed by atoms with van der Waals surface area (Å²) in [6.45, 7) is 4.20. The maximum Gasteiger partial charge on any atom is 0.142 e. The van der Waals surface area contributed by atoms with Crippen molar-refractivity contribution in [1.29, 1.82) is 0 Å². The molecule has 0 unspecified atom stereocenters. The molecule has 0 saturated carbocycles. The zero-order chi connectivity index (χ0) is 13.4. The largest absolute Gasteiger partial charge is 0.495 e. The Morgan fingerprint density at radius 2 is 1.84 bits per heavy atom. The van der Waals surface area contributed by atoms with Crippen molar-refractivity contribution in [2.24, 2.45) is 0 Å². The van der Waals surface area contributed by atoms with Crippen LogP contribution in [-0.2, 0) is 0 Å². The van der Waals surface area contributed by atoms with E-state index < -0.39 is 0 Å². The third kappa shape index (κ3) is 2.01. The van der Waals surface area contributed by atoms with E-state index in [-0.39, 0.29) is 0 Å². The lowest BCUT2D eigenvalue weighted by Gasteiger charge is -2.13. The summed E-state index contributed by atoms with van der Waals surface area (Å²) in [5.74, 6) is 0.841. The number of hydrogen-bond acceptors (Lipinski definition) is 3. The average Bonchev–Trinajstić information content (AvgIpc) is 2.74. The summed E-state index contributed by atoms with van der Waals surface area (Å²) >= 11 is 0. The van der Waals surface area contributed by atoms with E-state index in [9.17, 15) is 0 Å². The Morgan fingerprint density at radius 3 is 2.58 bits per heavy atom. The van der Waals surface area contributed by atoms with Crippen LogP contribution < -0.4 is 10.1 Å². The van der Waals surface area contributed by atoms with Crippen molar-refractivity contribution in [1.82, 2.24) is 0 Å². The van der Waals surface area contributed by atoms with Crippen LogP contribution in [0.2, 0.25) is 0 Å². The van der Waals surface area contributed by atoms with E-state index in [1.807, 2.05) is 30.3 Å². The monoisotopic (exact) mass is 255 g/mol. The Bertz CT molecular complexity index is 728. The smallest absolute Gasteiger partial charge is 0.142 e. The second-order valence-corrected chi connectivity index (χ2v) is 4.95. The zero-order valence-electron chi connectivity index (χ0n) is 11.4. The molecule has 1 N–H and O–H groups in total. The summed E-state index contributed by atoms with van der Waals surface area (Å²) in [5.41, 5.74) is 2.75. The van der Waals surface area contributed by atoms with Gasteiger partial charge in [-0.3, -0.25) is 0 Å². The quantitative estimate of drug-likeness (QED) is 0.752. The Labute approximate surface area is 112 Å². The van der Waals surface area contributed by atoms with Crippen LogP contribution in [0.3, 0.4) is 0 Å². The van der Waals surface area contributed by atoms with Gasteiger partial charge in [-0.1, -0.05) is 18.2 Å². The molecule has 1 aromatic heterocycles. The van der Waals surface area contributed by atoms with Crippen molar-refractivity contribution in [3.8, 4) is 5.75 Å². The molecule has 0 radical (unpaired) electrons. The van der Waals surface area contributed by atoms with Crippen molar-refractivity contribution in [2.45, 2.75) is 19.9 Å². The van der Waals surface area contributed by atoms with Gasteiger partial charge >= 0.3 is 0 Å². The van der Waals surface area contributed by atoms with Crippen molar-refractivity contribution >= 4 is 27.6 Å². The van der Waals surface area contributed by atoms with Gasteiger partial charge in [-0.25, -0.2) is 0 Å².